The predicted molar refractivity (Wildman–Crippen MR) is 83.9 cm³/mol. The third-order valence-corrected chi connectivity index (χ3v) is 4.30. The number of hydrogen-bond donors (Lipinski definition) is 2. The van der Waals surface area contributed by atoms with Gasteiger partial charge in [0.1, 0.15) is 5.75 Å². The highest BCUT2D eigenvalue weighted by molar-refractivity contribution is 7.89. The summed E-state index contributed by atoms with van der Waals surface area (Å²) in [6, 6.07) is 10.7. The van der Waals surface area contributed by atoms with E-state index in [9.17, 15) is 23.3 Å². The van der Waals surface area contributed by atoms with Gasteiger partial charge in [-0.1, -0.05) is 12.1 Å². The Balaban J connectivity index is 2.15. The molecule has 24 heavy (non-hydrogen) atoms. The highest BCUT2D eigenvalue weighted by atomic mass is 32.2. The van der Waals surface area contributed by atoms with Crippen LogP contribution in [0.2, 0.25) is 0 Å². The van der Waals surface area contributed by atoms with Crippen molar-refractivity contribution in [3.63, 3.8) is 0 Å². The van der Waals surface area contributed by atoms with Crippen LogP contribution in [0.1, 0.15) is 10.4 Å². The van der Waals surface area contributed by atoms with Crippen LogP contribution in [-0.4, -0.2) is 26.4 Å². The number of methoxy groups -OCH3 is 1. The zero-order valence-corrected chi connectivity index (χ0v) is 13.2. The maximum atomic E-state index is 12.1. The van der Waals surface area contributed by atoms with E-state index in [1.165, 1.54) is 43.5 Å². The van der Waals surface area contributed by atoms with Crippen molar-refractivity contribution in [3.8, 4) is 5.75 Å². The first kappa shape index (κ1) is 17.4. The van der Waals surface area contributed by atoms with Gasteiger partial charge in [-0.05, 0) is 30.3 Å². The fourth-order valence-electron chi connectivity index (χ4n) is 1.82. The summed E-state index contributed by atoms with van der Waals surface area (Å²) in [5, 5.41) is 10.9. The summed E-state index contributed by atoms with van der Waals surface area (Å²) in [5.41, 5.74) is 1.59. The third kappa shape index (κ3) is 3.86. The molecular weight excluding hydrogens is 338 g/mol. The molecule has 0 heterocycles. The number of nitro groups is 1. The van der Waals surface area contributed by atoms with Crippen LogP contribution in [0.25, 0.3) is 0 Å². The summed E-state index contributed by atoms with van der Waals surface area (Å²) in [5.74, 6) is -0.188. The standard InChI is InChI=1S/C14H13N3O6S/c1-23-11-8-6-10(7-9-11)14(18)15-16-24(21,22)13-5-3-2-4-12(13)17(19)20/h2-9,16H,1H3,(H,15,18). The fourth-order valence-corrected chi connectivity index (χ4v) is 2.83. The Morgan fingerprint density at radius 3 is 2.33 bits per heavy atom. The largest absolute Gasteiger partial charge is 0.497 e. The number of ether oxygens (including phenoxy) is 1. The molecule has 0 fully saturated rings. The molecule has 126 valence electrons. The number of hydrazine groups is 1. The van der Waals surface area contributed by atoms with Crippen molar-refractivity contribution in [2.24, 2.45) is 0 Å². The van der Waals surface area contributed by atoms with Gasteiger partial charge < -0.3 is 4.74 Å². The molecule has 10 heteroatoms. The van der Waals surface area contributed by atoms with E-state index in [0.717, 1.165) is 12.1 Å². The van der Waals surface area contributed by atoms with Gasteiger partial charge in [-0.3, -0.25) is 20.3 Å². The van der Waals surface area contributed by atoms with Crippen molar-refractivity contribution in [2.45, 2.75) is 4.90 Å². The maximum absolute atomic E-state index is 12.1. The highest BCUT2D eigenvalue weighted by Gasteiger charge is 2.25. The van der Waals surface area contributed by atoms with Crippen molar-refractivity contribution in [1.82, 2.24) is 10.3 Å². The zero-order chi connectivity index (χ0) is 17.7. The van der Waals surface area contributed by atoms with Gasteiger partial charge in [0, 0.05) is 11.6 Å². The van der Waals surface area contributed by atoms with Gasteiger partial charge in [0.25, 0.3) is 21.6 Å². The van der Waals surface area contributed by atoms with E-state index in [1.54, 1.807) is 0 Å². The summed E-state index contributed by atoms with van der Waals surface area (Å²) in [6.45, 7) is 0. The summed E-state index contributed by atoms with van der Waals surface area (Å²) in [7, 11) is -2.83. The number of nitrogens with one attached hydrogen (secondary N) is 2. The zero-order valence-electron chi connectivity index (χ0n) is 12.4. The van der Waals surface area contributed by atoms with Gasteiger partial charge >= 0.3 is 0 Å². The molecule has 0 saturated carbocycles. The van der Waals surface area contributed by atoms with Gasteiger partial charge in [-0.15, -0.1) is 4.83 Å². The van der Waals surface area contributed by atoms with Crippen molar-refractivity contribution in [3.05, 3.63) is 64.2 Å². The summed E-state index contributed by atoms with van der Waals surface area (Å²) in [6.07, 6.45) is 0. The van der Waals surface area contributed by atoms with Crippen molar-refractivity contribution >= 4 is 21.6 Å². The SMILES string of the molecule is COc1ccc(C(=O)NNS(=O)(=O)c2ccccc2[N+](=O)[O-])cc1. The topological polar surface area (TPSA) is 128 Å². The quantitative estimate of drug-likeness (QED) is 0.595. The maximum Gasteiger partial charge on any atom is 0.289 e. The van der Waals surface area contributed by atoms with Gasteiger partial charge in [0.05, 0.1) is 12.0 Å². The van der Waals surface area contributed by atoms with Crippen molar-refractivity contribution in [1.29, 1.82) is 0 Å². The molecule has 9 nitrogen and oxygen atoms in total. The molecule has 0 saturated heterocycles. The molecule has 0 spiro atoms. The minimum Gasteiger partial charge on any atom is -0.497 e. The third-order valence-electron chi connectivity index (χ3n) is 3.00. The lowest BCUT2D eigenvalue weighted by Gasteiger charge is -2.09. The van der Waals surface area contributed by atoms with Crippen LogP contribution in [0.5, 0.6) is 5.75 Å². The monoisotopic (exact) mass is 351 g/mol. The molecule has 0 radical (unpaired) electrons. The minimum absolute atomic E-state index is 0.182. The first-order valence-electron chi connectivity index (χ1n) is 6.55. The second kappa shape index (κ2) is 7.06. The van der Waals surface area contributed by atoms with E-state index < -0.39 is 31.4 Å². The average Bonchev–Trinajstić information content (AvgIpc) is 2.59. The predicted octanol–water partition coefficient (Wildman–Crippen LogP) is 1.23. The second-order valence-electron chi connectivity index (χ2n) is 4.51. The second-order valence-corrected chi connectivity index (χ2v) is 6.16. The molecule has 2 N–H and O–H groups in total. The summed E-state index contributed by atoms with van der Waals surface area (Å²) >= 11 is 0. The number of sulfonamides is 1. The molecule has 2 rings (SSSR count). The van der Waals surface area contributed by atoms with Crippen LogP contribution >= 0.6 is 0 Å². The van der Waals surface area contributed by atoms with Gasteiger partial charge in [-0.2, -0.15) is 0 Å². The molecular formula is C14H13N3O6S. The lowest BCUT2D eigenvalue weighted by atomic mass is 10.2. The van der Waals surface area contributed by atoms with Crippen molar-refractivity contribution < 1.29 is 22.9 Å². The Hall–Kier alpha value is -2.98. The van der Waals surface area contributed by atoms with Gasteiger partial charge in [-0.25, -0.2) is 8.42 Å². The van der Waals surface area contributed by atoms with Crippen LogP contribution < -0.4 is 15.0 Å². The first-order chi connectivity index (χ1) is 11.3. The molecule has 0 unspecified atom stereocenters. The first-order valence-corrected chi connectivity index (χ1v) is 8.03. The lowest BCUT2D eigenvalue weighted by molar-refractivity contribution is -0.387. The molecule has 1 amide bonds. The lowest BCUT2D eigenvalue weighted by Crippen LogP contribution is -2.41. The highest BCUT2D eigenvalue weighted by Crippen LogP contribution is 2.22. The van der Waals surface area contributed by atoms with E-state index in [2.05, 4.69) is 0 Å². The number of nitrogens with zero attached hydrogens (tertiary/aromatic N) is 1. The summed E-state index contributed by atoms with van der Waals surface area (Å²) < 4.78 is 29.2. The molecule has 0 aliphatic rings. The number of rotatable bonds is 6. The Morgan fingerprint density at radius 2 is 1.75 bits per heavy atom. The Bertz CT molecular complexity index is 864. The number of amides is 1. The number of benzene rings is 2. The Labute approximate surface area is 137 Å². The number of carbonyl (C=O) groups excluding carboxylic acids is 1. The molecule has 0 aliphatic heterocycles. The molecule has 2 aromatic rings. The fraction of sp³-hybridized carbons (Fsp3) is 0.0714. The number of carbonyl (C=O) groups is 1. The molecule has 0 atom stereocenters. The summed E-state index contributed by atoms with van der Waals surface area (Å²) in [4.78, 5) is 23.3. The van der Waals surface area contributed by atoms with E-state index in [0.29, 0.717) is 5.75 Å². The molecule has 0 bridgehead atoms. The number of nitro benzene ring substituents is 1. The molecule has 2 aromatic carbocycles. The van der Waals surface area contributed by atoms with Gasteiger partial charge in [0.15, 0.2) is 4.90 Å². The number of para-hydroxylation sites is 1. The van der Waals surface area contributed by atoms with Crippen LogP contribution in [0.3, 0.4) is 0 Å². The normalized spacial score (nSPS) is 10.9. The van der Waals surface area contributed by atoms with E-state index >= 15 is 0 Å². The molecule has 0 aromatic heterocycles. The average molecular weight is 351 g/mol. The van der Waals surface area contributed by atoms with E-state index in [1.807, 2.05) is 10.3 Å². The smallest absolute Gasteiger partial charge is 0.289 e. The minimum atomic E-state index is -4.30. The molecule has 0 aliphatic carbocycles. The van der Waals surface area contributed by atoms with Crippen LogP contribution in [0.4, 0.5) is 5.69 Å². The van der Waals surface area contributed by atoms with E-state index in [-0.39, 0.29) is 5.56 Å². The van der Waals surface area contributed by atoms with Crippen molar-refractivity contribution in [2.75, 3.05) is 7.11 Å². The number of hydrogen-bond acceptors (Lipinski definition) is 6. The van der Waals surface area contributed by atoms with Crippen LogP contribution in [0.15, 0.2) is 53.4 Å². The van der Waals surface area contributed by atoms with Gasteiger partial charge in [0.2, 0.25) is 0 Å². The van der Waals surface area contributed by atoms with Crippen LogP contribution in [-0.2, 0) is 10.0 Å². The Kier molecular flexibility index (Phi) is 5.11. The van der Waals surface area contributed by atoms with Crippen LogP contribution in [0, 0.1) is 10.1 Å². The van der Waals surface area contributed by atoms with E-state index in [4.69, 9.17) is 4.74 Å². The Morgan fingerprint density at radius 1 is 1.12 bits per heavy atom.